The van der Waals surface area contributed by atoms with Crippen LogP contribution in [0.15, 0.2) is 29.4 Å². The summed E-state index contributed by atoms with van der Waals surface area (Å²) in [5.74, 6) is 0.860. The SMILES string of the molecule is COc1ccc(C/C(C)=N\NC(=S)NCC[NH+]2CCOCC2)cc1. The summed E-state index contributed by atoms with van der Waals surface area (Å²) in [5, 5.41) is 8.10. The average molecular weight is 351 g/mol. The molecular weight excluding hydrogens is 324 g/mol. The fourth-order valence-corrected chi connectivity index (χ4v) is 2.67. The quantitative estimate of drug-likeness (QED) is 0.367. The lowest BCUT2D eigenvalue weighted by Crippen LogP contribution is -3.14. The van der Waals surface area contributed by atoms with Gasteiger partial charge in [-0.25, -0.2) is 0 Å². The van der Waals surface area contributed by atoms with Crippen molar-refractivity contribution in [3.8, 4) is 5.75 Å². The molecule has 3 N–H and O–H groups in total. The van der Waals surface area contributed by atoms with Crippen LogP contribution >= 0.6 is 12.2 Å². The van der Waals surface area contributed by atoms with E-state index in [2.05, 4.69) is 15.8 Å². The number of morpholine rings is 1. The molecule has 1 saturated heterocycles. The molecule has 1 aliphatic rings. The molecule has 0 saturated carbocycles. The van der Waals surface area contributed by atoms with Gasteiger partial charge < -0.3 is 19.7 Å². The van der Waals surface area contributed by atoms with E-state index in [9.17, 15) is 0 Å². The molecule has 0 aliphatic carbocycles. The molecule has 1 heterocycles. The minimum atomic E-state index is 0.566. The first-order chi connectivity index (χ1) is 11.7. The van der Waals surface area contributed by atoms with Crippen molar-refractivity contribution in [1.29, 1.82) is 0 Å². The van der Waals surface area contributed by atoms with Crippen molar-refractivity contribution in [2.45, 2.75) is 13.3 Å². The Kier molecular flexibility index (Phi) is 7.94. The molecule has 0 atom stereocenters. The number of hydrogen-bond acceptors (Lipinski definition) is 4. The number of methoxy groups -OCH3 is 1. The minimum absolute atomic E-state index is 0.566. The molecule has 1 aromatic rings. The monoisotopic (exact) mass is 351 g/mol. The lowest BCUT2D eigenvalue weighted by molar-refractivity contribution is -0.906. The smallest absolute Gasteiger partial charge is 0.187 e. The standard InChI is InChI=1S/C17H26N4O2S/c1-14(13-15-3-5-16(22-2)6-4-15)19-20-17(24)18-7-8-21-9-11-23-12-10-21/h3-6H,7-13H2,1-2H3,(H2,18,20,24)/p+1/b19-14-. The maximum Gasteiger partial charge on any atom is 0.187 e. The molecule has 24 heavy (non-hydrogen) atoms. The van der Waals surface area contributed by atoms with Crippen molar-refractivity contribution < 1.29 is 14.4 Å². The van der Waals surface area contributed by atoms with Gasteiger partial charge in [0.1, 0.15) is 18.8 Å². The fraction of sp³-hybridized carbons (Fsp3) is 0.529. The van der Waals surface area contributed by atoms with Crippen LogP contribution in [0.4, 0.5) is 0 Å². The lowest BCUT2D eigenvalue weighted by Gasteiger charge is -2.23. The largest absolute Gasteiger partial charge is 0.497 e. The highest BCUT2D eigenvalue weighted by atomic mass is 32.1. The van der Waals surface area contributed by atoms with E-state index in [-0.39, 0.29) is 0 Å². The van der Waals surface area contributed by atoms with E-state index in [4.69, 9.17) is 21.7 Å². The van der Waals surface area contributed by atoms with Gasteiger partial charge >= 0.3 is 0 Å². The zero-order valence-electron chi connectivity index (χ0n) is 14.4. The third-order valence-corrected chi connectivity index (χ3v) is 4.17. The van der Waals surface area contributed by atoms with Crippen LogP contribution < -0.4 is 20.4 Å². The number of nitrogens with one attached hydrogen (secondary N) is 3. The van der Waals surface area contributed by atoms with Gasteiger partial charge in [-0.05, 0) is 36.8 Å². The summed E-state index contributed by atoms with van der Waals surface area (Å²) in [6, 6.07) is 7.99. The maximum atomic E-state index is 5.35. The molecule has 132 valence electrons. The van der Waals surface area contributed by atoms with Crippen molar-refractivity contribution >= 4 is 23.0 Å². The number of rotatable bonds is 7. The lowest BCUT2D eigenvalue weighted by atomic mass is 10.1. The maximum absolute atomic E-state index is 5.35. The van der Waals surface area contributed by atoms with Gasteiger partial charge in [-0.1, -0.05) is 12.1 Å². The predicted octanol–water partition coefficient (Wildman–Crippen LogP) is -0.00720. The highest BCUT2D eigenvalue weighted by Crippen LogP contribution is 2.11. The van der Waals surface area contributed by atoms with Crippen molar-refractivity contribution in [2.24, 2.45) is 5.10 Å². The third kappa shape index (κ3) is 6.82. The minimum Gasteiger partial charge on any atom is -0.497 e. The molecule has 2 rings (SSSR count). The van der Waals surface area contributed by atoms with Crippen LogP contribution in [-0.2, 0) is 11.2 Å². The van der Waals surface area contributed by atoms with Gasteiger partial charge in [-0.3, -0.25) is 5.43 Å². The van der Waals surface area contributed by atoms with Crippen molar-refractivity contribution in [3.05, 3.63) is 29.8 Å². The first-order valence-corrected chi connectivity index (χ1v) is 8.69. The molecule has 0 aromatic heterocycles. The van der Waals surface area contributed by atoms with Gasteiger partial charge in [0.2, 0.25) is 0 Å². The first-order valence-electron chi connectivity index (χ1n) is 8.28. The second-order valence-corrected chi connectivity index (χ2v) is 6.26. The Bertz CT molecular complexity index is 542. The molecule has 1 aromatic carbocycles. The molecule has 0 unspecified atom stereocenters. The molecule has 7 heteroatoms. The van der Waals surface area contributed by atoms with Crippen LogP contribution in [0, 0.1) is 0 Å². The Morgan fingerprint density at radius 2 is 2.00 bits per heavy atom. The molecule has 0 bridgehead atoms. The van der Waals surface area contributed by atoms with Gasteiger partial charge in [-0.15, -0.1) is 0 Å². The van der Waals surface area contributed by atoms with Crippen LogP contribution in [-0.4, -0.2) is 57.3 Å². The summed E-state index contributed by atoms with van der Waals surface area (Å²) in [5.41, 5.74) is 5.08. The van der Waals surface area contributed by atoms with Crippen molar-refractivity contribution in [1.82, 2.24) is 10.7 Å². The predicted molar refractivity (Wildman–Crippen MR) is 99.9 cm³/mol. The number of thiocarbonyl (C=S) groups is 1. The second-order valence-electron chi connectivity index (χ2n) is 5.85. The van der Waals surface area contributed by atoms with Crippen molar-refractivity contribution in [3.63, 3.8) is 0 Å². The molecule has 1 fully saturated rings. The fourth-order valence-electron chi connectivity index (χ4n) is 2.53. The number of quaternary nitrogens is 1. The molecule has 0 radical (unpaired) electrons. The molecule has 0 amide bonds. The summed E-state index contributed by atoms with van der Waals surface area (Å²) >= 11 is 5.26. The van der Waals surface area contributed by atoms with E-state index < -0.39 is 0 Å². The van der Waals surface area contributed by atoms with E-state index in [1.807, 2.05) is 31.2 Å². The van der Waals surface area contributed by atoms with Crippen molar-refractivity contribution in [2.75, 3.05) is 46.5 Å². The van der Waals surface area contributed by atoms with Gasteiger partial charge in [0.15, 0.2) is 5.11 Å². The number of benzene rings is 1. The Hall–Kier alpha value is -1.70. The Balaban J connectivity index is 1.65. The van der Waals surface area contributed by atoms with E-state index >= 15 is 0 Å². The van der Waals surface area contributed by atoms with E-state index in [0.717, 1.165) is 57.3 Å². The molecule has 0 spiro atoms. The average Bonchev–Trinajstić information content (AvgIpc) is 2.61. The van der Waals surface area contributed by atoms with Gasteiger partial charge in [-0.2, -0.15) is 5.10 Å². The molecule has 1 aliphatic heterocycles. The zero-order chi connectivity index (χ0) is 17.2. The van der Waals surface area contributed by atoms with Gasteiger partial charge in [0.25, 0.3) is 0 Å². The van der Waals surface area contributed by atoms with Crippen LogP contribution in [0.25, 0.3) is 0 Å². The number of nitrogens with zero attached hydrogens (tertiary/aromatic N) is 1. The summed E-state index contributed by atoms with van der Waals surface area (Å²) in [4.78, 5) is 1.55. The summed E-state index contributed by atoms with van der Waals surface area (Å²) < 4.78 is 10.5. The van der Waals surface area contributed by atoms with Crippen LogP contribution in [0.3, 0.4) is 0 Å². The van der Waals surface area contributed by atoms with Gasteiger partial charge in [0.05, 0.1) is 33.4 Å². The molecule has 6 nitrogen and oxygen atoms in total. The Labute approximate surface area is 149 Å². The zero-order valence-corrected chi connectivity index (χ0v) is 15.2. The van der Waals surface area contributed by atoms with Crippen LogP contribution in [0.5, 0.6) is 5.75 Å². The second kappa shape index (κ2) is 10.2. The summed E-state index contributed by atoms with van der Waals surface area (Å²) in [7, 11) is 1.67. The van der Waals surface area contributed by atoms with Crippen LogP contribution in [0.1, 0.15) is 12.5 Å². The third-order valence-electron chi connectivity index (χ3n) is 3.93. The normalized spacial score (nSPS) is 15.8. The number of hydrogen-bond donors (Lipinski definition) is 3. The Morgan fingerprint density at radius 3 is 2.67 bits per heavy atom. The van der Waals surface area contributed by atoms with Gasteiger partial charge in [0, 0.05) is 12.1 Å². The number of hydrazone groups is 1. The highest BCUT2D eigenvalue weighted by molar-refractivity contribution is 7.80. The first kappa shape index (κ1) is 18.6. The van der Waals surface area contributed by atoms with E-state index in [1.54, 1.807) is 12.0 Å². The topological polar surface area (TPSA) is 59.3 Å². The summed E-state index contributed by atoms with van der Waals surface area (Å²) in [6.45, 7) is 7.72. The number of ether oxygens (including phenoxy) is 2. The highest BCUT2D eigenvalue weighted by Gasteiger charge is 2.12. The Morgan fingerprint density at radius 1 is 1.29 bits per heavy atom. The summed E-state index contributed by atoms with van der Waals surface area (Å²) in [6.07, 6.45) is 0.775. The van der Waals surface area contributed by atoms with E-state index in [0.29, 0.717) is 5.11 Å². The van der Waals surface area contributed by atoms with Crippen LogP contribution in [0.2, 0.25) is 0 Å². The molecular formula is C17H27N4O2S+. The van der Waals surface area contributed by atoms with E-state index in [1.165, 1.54) is 5.56 Å².